The standard InChI is InChI=1S/C22H23N3O6S2/c1-2-14-3-4-15(11-20(14)33(27,28)25-5-7-29-8-6-25)21(26)24-22-23-16-12-17-18(13-19(16)32-22)31-10-9-30-17/h3-4,11-13H,2,5-10H2,1H3,(H,23,24,26). The smallest absolute Gasteiger partial charge is 0.257 e. The van der Waals surface area contributed by atoms with Crippen LogP contribution in [0.5, 0.6) is 11.5 Å². The van der Waals surface area contributed by atoms with E-state index in [2.05, 4.69) is 10.3 Å². The summed E-state index contributed by atoms with van der Waals surface area (Å²) in [5.74, 6) is 0.862. The Kier molecular flexibility index (Phi) is 5.95. The molecule has 0 spiro atoms. The van der Waals surface area contributed by atoms with Crippen LogP contribution in [-0.4, -0.2) is 63.1 Å². The normalized spacial score (nSPS) is 16.6. The molecule has 0 saturated carbocycles. The quantitative estimate of drug-likeness (QED) is 0.587. The predicted molar refractivity (Wildman–Crippen MR) is 124 cm³/mol. The summed E-state index contributed by atoms with van der Waals surface area (Å²) >= 11 is 1.31. The van der Waals surface area contributed by atoms with Crippen LogP contribution < -0.4 is 14.8 Å². The maximum atomic E-state index is 13.2. The molecule has 1 amide bonds. The number of amides is 1. The van der Waals surface area contributed by atoms with Crippen LogP contribution in [0.1, 0.15) is 22.8 Å². The van der Waals surface area contributed by atoms with E-state index in [4.69, 9.17) is 14.2 Å². The second-order valence-corrected chi connectivity index (χ2v) is 10.6. The Morgan fingerprint density at radius 3 is 2.55 bits per heavy atom. The maximum absolute atomic E-state index is 13.2. The first-order chi connectivity index (χ1) is 16.0. The van der Waals surface area contributed by atoms with Crippen LogP contribution in [0.4, 0.5) is 5.13 Å². The third kappa shape index (κ3) is 4.29. The molecule has 0 aliphatic carbocycles. The van der Waals surface area contributed by atoms with Gasteiger partial charge < -0.3 is 14.2 Å². The van der Waals surface area contributed by atoms with Crippen molar-refractivity contribution in [3.8, 4) is 11.5 Å². The number of thiazole rings is 1. The number of hydrogen-bond donors (Lipinski definition) is 1. The van der Waals surface area contributed by atoms with Gasteiger partial charge in [0.15, 0.2) is 16.6 Å². The molecule has 0 bridgehead atoms. The van der Waals surface area contributed by atoms with E-state index in [1.807, 2.05) is 13.0 Å². The minimum Gasteiger partial charge on any atom is -0.486 e. The van der Waals surface area contributed by atoms with Crippen molar-refractivity contribution in [2.75, 3.05) is 44.8 Å². The Hall–Kier alpha value is -2.73. The van der Waals surface area contributed by atoms with E-state index in [1.54, 1.807) is 18.2 Å². The van der Waals surface area contributed by atoms with Gasteiger partial charge in [0, 0.05) is 30.8 Å². The van der Waals surface area contributed by atoms with Gasteiger partial charge in [0.1, 0.15) is 13.2 Å². The number of sulfonamides is 1. The molecule has 0 radical (unpaired) electrons. The van der Waals surface area contributed by atoms with Crippen molar-refractivity contribution < 1.29 is 27.4 Å². The zero-order valence-corrected chi connectivity index (χ0v) is 19.6. The molecule has 174 valence electrons. The van der Waals surface area contributed by atoms with Gasteiger partial charge >= 0.3 is 0 Å². The first-order valence-corrected chi connectivity index (χ1v) is 12.9. The van der Waals surface area contributed by atoms with Gasteiger partial charge in [-0.15, -0.1) is 0 Å². The fraction of sp³-hybridized carbons (Fsp3) is 0.364. The molecule has 3 heterocycles. The van der Waals surface area contributed by atoms with E-state index < -0.39 is 15.9 Å². The summed E-state index contributed by atoms with van der Waals surface area (Å²) in [5, 5.41) is 3.20. The number of hydrogen-bond acceptors (Lipinski definition) is 8. The molecule has 1 fully saturated rings. The highest BCUT2D eigenvalue weighted by atomic mass is 32.2. The zero-order valence-electron chi connectivity index (χ0n) is 18.0. The number of aryl methyl sites for hydroxylation is 1. The minimum absolute atomic E-state index is 0.158. The van der Waals surface area contributed by atoms with Crippen LogP contribution >= 0.6 is 11.3 Å². The molecule has 9 nitrogen and oxygen atoms in total. The van der Waals surface area contributed by atoms with Crippen LogP contribution in [0.2, 0.25) is 0 Å². The second-order valence-electron chi connectivity index (χ2n) is 7.63. The Balaban J connectivity index is 1.42. The SMILES string of the molecule is CCc1ccc(C(=O)Nc2nc3cc4c(cc3s2)OCCO4)cc1S(=O)(=O)N1CCOCC1. The molecule has 1 aromatic heterocycles. The molecule has 0 unspecified atom stereocenters. The highest BCUT2D eigenvalue weighted by Crippen LogP contribution is 2.38. The third-order valence-electron chi connectivity index (χ3n) is 5.57. The Morgan fingerprint density at radius 1 is 1.09 bits per heavy atom. The van der Waals surface area contributed by atoms with Crippen molar-refractivity contribution in [2.45, 2.75) is 18.2 Å². The van der Waals surface area contributed by atoms with Gasteiger partial charge in [0.05, 0.1) is 28.3 Å². The lowest BCUT2D eigenvalue weighted by Gasteiger charge is -2.27. The lowest BCUT2D eigenvalue weighted by Crippen LogP contribution is -2.41. The minimum atomic E-state index is -3.73. The van der Waals surface area contributed by atoms with Gasteiger partial charge in [-0.25, -0.2) is 13.4 Å². The van der Waals surface area contributed by atoms with Crippen molar-refractivity contribution in [3.63, 3.8) is 0 Å². The molecular formula is C22H23N3O6S2. The molecule has 3 aromatic rings. The number of rotatable bonds is 5. The predicted octanol–water partition coefficient (Wildman–Crippen LogP) is 2.90. The topological polar surface area (TPSA) is 107 Å². The van der Waals surface area contributed by atoms with E-state index in [9.17, 15) is 13.2 Å². The molecule has 0 atom stereocenters. The summed E-state index contributed by atoms with van der Waals surface area (Å²) in [6, 6.07) is 8.43. The van der Waals surface area contributed by atoms with Gasteiger partial charge in [0.2, 0.25) is 10.0 Å². The van der Waals surface area contributed by atoms with Crippen LogP contribution in [0, 0.1) is 0 Å². The van der Waals surface area contributed by atoms with E-state index in [-0.39, 0.29) is 10.5 Å². The highest BCUT2D eigenvalue weighted by molar-refractivity contribution is 7.89. The number of anilines is 1. The van der Waals surface area contributed by atoms with Crippen molar-refractivity contribution in [1.29, 1.82) is 0 Å². The number of carbonyl (C=O) groups is 1. The van der Waals surface area contributed by atoms with Crippen LogP contribution in [0.3, 0.4) is 0 Å². The summed E-state index contributed by atoms with van der Waals surface area (Å²) in [7, 11) is -3.73. The lowest BCUT2D eigenvalue weighted by atomic mass is 10.1. The number of nitrogens with one attached hydrogen (secondary N) is 1. The molecule has 2 aliphatic rings. The number of fused-ring (bicyclic) bond motifs is 2. The molecule has 5 rings (SSSR count). The van der Waals surface area contributed by atoms with Crippen molar-refractivity contribution in [2.24, 2.45) is 0 Å². The maximum Gasteiger partial charge on any atom is 0.257 e. The molecule has 11 heteroatoms. The summed E-state index contributed by atoms with van der Waals surface area (Å²) < 4.78 is 45.2. The van der Waals surface area contributed by atoms with E-state index in [1.165, 1.54) is 21.7 Å². The van der Waals surface area contributed by atoms with Crippen LogP contribution in [0.15, 0.2) is 35.2 Å². The molecular weight excluding hydrogens is 466 g/mol. The largest absolute Gasteiger partial charge is 0.486 e. The summed E-state index contributed by atoms with van der Waals surface area (Å²) in [6.07, 6.45) is 0.535. The molecule has 33 heavy (non-hydrogen) atoms. The third-order valence-corrected chi connectivity index (χ3v) is 8.49. The van der Waals surface area contributed by atoms with E-state index in [0.717, 1.165) is 4.70 Å². The number of morpholine rings is 1. The Labute approximate surface area is 195 Å². The van der Waals surface area contributed by atoms with E-state index >= 15 is 0 Å². The fourth-order valence-corrected chi connectivity index (χ4v) is 6.44. The van der Waals surface area contributed by atoms with Crippen LogP contribution in [-0.2, 0) is 21.2 Å². The van der Waals surface area contributed by atoms with Gasteiger partial charge in [-0.05, 0) is 24.1 Å². The molecule has 2 aromatic carbocycles. The Bertz CT molecular complexity index is 1270. The number of carbonyl (C=O) groups excluding carboxylic acids is 1. The Morgan fingerprint density at radius 2 is 1.82 bits per heavy atom. The monoisotopic (exact) mass is 489 g/mol. The number of nitrogens with zero attached hydrogens (tertiary/aromatic N) is 2. The first kappa shape index (κ1) is 22.1. The van der Waals surface area contributed by atoms with Crippen molar-refractivity contribution in [1.82, 2.24) is 9.29 Å². The molecule has 1 saturated heterocycles. The number of ether oxygens (including phenoxy) is 3. The first-order valence-electron chi connectivity index (χ1n) is 10.7. The van der Waals surface area contributed by atoms with Crippen molar-refractivity contribution >= 4 is 42.6 Å². The summed E-state index contributed by atoms with van der Waals surface area (Å²) in [5.41, 5.74) is 1.62. The number of benzene rings is 2. The highest BCUT2D eigenvalue weighted by Gasteiger charge is 2.29. The fourth-order valence-electron chi connectivity index (χ4n) is 3.84. The average molecular weight is 490 g/mol. The summed E-state index contributed by atoms with van der Waals surface area (Å²) in [6.45, 7) is 4.17. The van der Waals surface area contributed by atoms with Crippen molar-refractivity contribution in [3.05, 3.63) is 41.5 Å². The lowest BCUT2D eigenvalue weighted by molar-refractivity contribution is 0.0730. The second kappa shape index (κ2) is 8.90. The average Bonchev–Trinajstić information content (AvgIpc) is 3.23. The number of aromatic nitrogens is 1. The molecule has 1 N–H and O–H groups in total. The zero-order chi connectivity index (χ0) is 23.0. The summed E-state index contributed by atoms with van der Waals surface area (Å²) in [4.78, 5) is 17.6. The van der Waals surface area contributed by atoms with Gasteiger partial charge in [-0.3, -0.25) is 10.1 Å². The van der Waals surface area contributed by atoms with Gasteiger partial charge in [-0.2, -0.15) is 4.31 Å². The van der Waals surface area contributed by atoms with Gasteiger partial charge in [-0.1, -0.05) is 24.3 Å². The van der Waals surface area contributed by atoms with E-state index in [0.29, 0.717) is 73.6 Å². The van der Waals surface area contributed by atoms with Gasteiger partial charge in [0.25, 0.3) is 5.91 Å². The van der Waals surface area contributed by atoms with Crippen LogP contribution in [0.25, 0.3) is 10.2 Å². The molecule has 2 aliphatic heterocycles.